The van der Waals surface area contributed by atoms with Crippen LogP contribution in [-0.4, -0.2) is 17.4 Å². The van der Waals surface area contributed by atoms with Crippen LogP contribution in [0.3, 0.4) is 0 Å². The van der Waals surface area contributed by atoms with Crippen LogP contribution in [0.25, 0.3) is 0 Å². The molecule has 0 saturated carbocycles. The number of alkyl halides is 6. The molecule has 0 aliphatic carbocycles. The minimum atomic E-state index is -5.35. The van der Waals surface area contributed by atoms with Crippen LogP contribution in [0, 0.1) is 0 Å². The van der Waals surface area contributed by atoms with Crippen molar-refractivity contribution in [2.75, 3.05) is 0 Å². The number of hydrogen-bond donors (Lipinski definition) is 2. The molecule has 0 amide bonds. The fraction of sp³-hybridized carbons (Fsp3) is 0.250. The van der Waals surface area contributed by atoms with Crippen molar-refractivity contribution in [3.05, 3.63) is 29.3 Å². The van der Waals surface area contributed by atoms with Gasteiger partial charge in [-0.15, -0.1) is 0 Å². The Labute approximate surface area is 127 Å². The SMILES string of the molecule is OB(O)Oc1cccc(C(F)(F)F)c1C(F)(F)F.[H-].[Na+]. The van der Waals surface area contributed by atoms with Gasteiger partial charge in [0.15, 0.2) is 0 Å². The van der Waals surface area contributed by atoms with Gasteiger partial charge in [0, 0.05) is 0 Å². The van der Waals surface area contributed by atoms with Crippen molar-refractivity contribution in [2.45, 2.75) is 12.4 Å². The second kappa shape index (κ2) is 6.36. The summed E-state index contributed by atoms with van der Waals surface area (Å²) in [6.07, 6.45) is -10.6. The van der Waals surface area contributed by atoms with Crippen LogP contribution in [-0.2, 0) is 12.4 Å². The Morgan fingerprint density at radius 3 is 1.89 bits per heavy atom. The number of hydrogen-bond acceptors (Lipinski definition) is 3. The average Bonchev–Trinajstić information content (AvgIpc) is 2.13. The molecule has 0 saturated heterocycles. The number of benzene rings is 1. The smallest absolute Gasteiger partial charge is 1.00 e. The summed E-state index contributed by atoms with van der Waals surface area (Å²) in [5.74, 6) is -1.31. The first-order valence-electron chi connectivity index (χ1n) is 4.33. The number of halogens is 6. The second-order valence-electron chi connectivity index (χ2n) is 3.12. The topological polar surface area (TPSA) is 49.7 Å². The zero-order valence-corrected chi connectivity index (χ0v) is 11.4. The van der Waals surface area contributed by atoms with Gasteiger partial charge in [-0.25, -0.2) is 0 Å². The molecule has 0 aromatic heterocycles. The Balaban J connectivity index is 0. The summed E-state index contributed by atoms with van der Waals surface area (Å²) in [7, 11) is -2.66. The maximum atomic E-state index is 12.5. The van der Waals surface area contributed by atoms with E-state index in [9.17, 15) is 26.3 Å². The minimum absolute atomic E-state index is 0. The summed E-state index contributed by atoms with van der Waals surface area (Å²) in [4.78, 5) is 0. The largest absolute Gasteiger partial charge is 1.00 e. The molecule has 11 heteroatoms. The molecule has 102 valence electrons. The summed E-state index contributed by atoms with van der Waals surface area (Å²) in [6.45, 7) is 0. The normalized spacial score (nSPS) is 11.8. The summed E-state index contributed by atoms with van der Waals surface area (Å²) >= 11 is 0. The summed E-state index contributed by atoms with van der Waals surface area (Å²) in [5, 5.41) is 16.7. The van der Waals surface area contributed by atoms with E-state index in [0.717, 1.165) is 0 Å². The molecule has 2 N–H and O–H groups in total. The van der Waals surface area contributed by atoms with Gasteiger partial charge in [-0.1, -0.05) is 6.07 Å². The molecule has 0 unspecified atom stereocenters. The Hall–Kier alpha value is -0.415. The van der Waals surface area contributed by atoms with Crippen LogP contribution in [0.4, 0.5) is 26.3 Å². The van der Waals surface area contributed by atoms with Crippen LogP contribution in [0.15, 0.2) is 18.2 Å². The van der Waals surface area contributed by atoms with Gasteiger partial charge >= 0.3 is 49.2 Å². The third kappa shape index (κ3) is 4.88. The minimum Gasteiger partial charge on any atom is -1.00 e. The van der Waals surface area contributed by atoms with E-state index < -0.39 is 36.6 Å². The molecule has 0 atom stereocenters. The number of rotatable bonds is 2. The molecule has 19 heavy (non-hydrogen) atoms. The third-order valence-corrected chi connectivity index (χ3v) is 1.85. The molecule has 0 spiro atoms. The van der Waals surface area contributed by atoms with E-state index in [1.165, 1.54) is 0 Å². The molecule has 1 rings (SSSR count). The maximum absolute atomic E-state index is 12.5. The van der Waals surface area contributed by atoms with Crippen molar-refractivity contribution in [3.8, 4) is 5.75 Å². The van der Waals surface area contributed by atoms with Crippen molar-refractivity contribution < 1.29 is 72.0 Å². The first kappa shape index (κ1) is 18.6. The van der Waals surface area contributed by atoms with Crippen molar-refractivity contribution in [2.24, 2.45) is 0 Å². The Kier molecular flexibility index (Phi) is 6.22. The molecule has 3 nitrogen and oxygen atoms in total. The molecule has 0 aliphatic heterocycles. The van der Waals surface area contributed by atoms with Crippen molar-refractivity contribution in [1.29, 1.82) is 0 Å². The van der Waals surface area contributed by atoms with E-state index in [1.54, 1.807) is 0 Å². The first-order valence-corrected chi connectivity index (χ1v) is 4.33. The zero-order chi connectivity index (χ0) is 14.1. The molecule has 1 aromatic carbocycles. The van der Waals surface area contributed by atoms with Crippen LogP contribution >= 0.6 is 0 Å². The summed E-state index contributed by atoms with van der Waals surface area (Å²) in [5.41, 5.74) is -4.07. The van der Waals surface area contributed by atoms with Gasteiger partial charge in [-0.2, -0.15) is 26.3 Å². The second-order valence-corrected chi connectivity index (χ2v) is 3.12. The monoisotopic (exact) mass is 298 g/mol. The van der Waals surface area contributed by atoms with Gasteiger partial charge in [-0.3, -0.25) is 0 Å². The summed E-state index contributed by atoms with van der Waals surface area (Å²) < 4.78 is 78.8. The fourth-order valence-corrected chi connectivity index (χ4v) is 1.27. The standard InChI is InChI=1S/C8H5BF6O3.Na.H/c10-7(11,12)4-2-1-3-5(18-9(16)17)6(4)8(13,14)15;;/h1-3,16-17H;;/q;+1;-1. The predicted molar refractivity (Wildman–Crippen MR) is 48.4 cm³/mol. The van der Waals surface area contributed by atoms with Gasteiger partial charge < -0.3 is 16.1 Å². The average molecular weight is 298 g/mol. The third-order valence-electron chi connectivity index (χ3n) is 1.85. The molecule has 1 aromatic rings. The van der Waals surface area contributed by atoms with E-state index in [4.69, 9.17) is 10.0 Å². The van der Waals surface area contributed by atoms with Gasteiger partial charge in [0.2, 0.25) is 0 Å². The van der Waals surface area contributed by atoms with Gasteiger partial charge in [0.05, 0.1) is 5.56 Å². The van der Waals surface area contributed by atoms with Crippen molar-refractivity contribution >= 4 is 7.32 Å². The Morgan fingerprint density at radius 1 is 1.00 bits per heavy atom. The molecule has 0 aliphatic rings. The zero-order valence-electron chi connectivity index (χ0n) is 10.4. The first-order chi connectivity index (χ1) is 8.03. The van der Waals surface area contributed by atoms with E-state index in [0.29, 0.717) is 12.1 Å². The molecule has 0 heterocycles. The van der Waals surface area contributed by atoms with E-state index in [-0.39, 0.29) is 37.1 Å². The molecule has 0 radical (unpaired) electrons. The van der Waals surface area contributed by atoms with Crippen molar-refractivity contribution in [3.63, 3.8) is 0 Å². The van der Waals surface area contributed by atoms with Crippen LogP contribution < -0.4 is 34.2 Å². The van der Waals surface area contributed by atoms with Crippen LogP contribution in [0.5, 0.6) is 5.75 Å². The van der Waals surface area contributed by atoms with E-state index >= 15 is 0 Å². The molecule has 0 fully saturated rings. The predicted octanol–water partition coefficient (Wildman–Crippen LogP) is -0.811. The molecular formula is C8H6BF6NaO3. The van der Waals surface area contributed by atoms with E-state index in [2.05, 4.69) is 4.65 Å². The van der Waals surface area contributed by atoms with Gasteiger partial charge in [-0.05, 0) is 12.1 Å². The van der Waals surface area contributed by atoms with Gasteiger partial charge in [0.1, 0.15) is 11.3 Å². The molecule has 0 bridgehead atoms. The van der Waals surface area contributed by atoms with Crippen LogP contribution in [0.2, 0.25) is 0 Å². The van der Waals surface area contributed by atoms with Crippen LogP contribution in [0.1, 0.15) is 12.6 Å². The van der Waals surface area contributed by atoms with E-state index in [1.807, 2.05) is 0 Å². The van der Waals surface area contributed by atoms with Gasteiger partial charge in [0.25, 0.3) is 0 Å². The Morgan fingerprint density at radius 2 is 1.53 bits per heavy atom. The molecular weight excluding hydrogens is 292 g/mol. The fourth-order valence-electron chi connectivity index (χ4n) is 1.27. The van der Waals surface area contributed by atoms with Crippen molar-refractivity contribution in [1.82, 2.24) is 0 Å². The Bertz CT molecular complexity index is 439. The summed E-state index contributed by atoms with van der Waals surface area (Å²) in [6, 6.07) is 1.44. The maximum Gasteiger partial charge on any atom is 1.00 e. The quantitative estimate of drug-likeness (QED) is 0.554.